The van der Waals surface area contributed by atoms with Crippen LogP contribution in [0.3, 0.4) is 0 Å². The average molecular weight is 322 g/mol. The summed E-state index contributed by atoms with van der Waals surface area (Å²) in [6.07, 6.45) is 27.0. The van der Waals surface area contributed by atoms with E-state index in [9.17, 15) is 9.90 Å². The third kappa shape index (κ3) is 22.8. The molecule has 0 radical (unpaired) electrons. The van der Waals surface area contributed by atoms with Crippen molar-refractivity contribution >= 4 is 5.97 Å². The molecule has 132 valence electrons. The molecule has 0 aliphatic rings. The summed E-state index contributed by atoms with van der Waals surface area (Å²) in [4.78, 5) is 10.2. The Balaban J connectivity index is 0. The standard InChI is InChI=1S/C20H32O2.H3N/c1-2-3-4-5-6-7-8-9-10-11-12-13-14-15-16-17-18-19-20(21)22;/h6-7,9-10,12-13,15-16H,2-5,8,11,14,17-19H2,1H3,(H,21,22);1H3/b7-6-,10-9-,13-12-,16-15-;. The molecule has 0 saturated heterocycles. The number of hydrogen-bond acceptors (Lipinski definition) is 2. The fourth-order valence-corrected chi connectivity index (χ4v) is 1.93. The molecule has 0 atom stereocenters. The van der Waals surface area contributed by atoms with Crippen LogP contribution in [0.25, 0.3) is 0 Å². The number of carboxylic acids is 1. The molecule has 0 fully saturated rings. The van der Waals surface area contributed by atoms with Gasteiger partial charge in [-0.05, 0) is 51.4 Å². The van der Waals surface area contributed by atoms with Crippen LogP contribution in [0.1, 0.15) is 71.1 Å². The Bertz CT molecular complexity index is 368. The number of rotatable bonds is 14. The van der Waals surface area contributed by atoms with Crippen molar-refractivity contribution in [2.45, 2.75) is 71.1 Å². The molecule has 0 aliphatic heterocycles. The molecule has 0 aliphatic carbocycles. The fourth-order valence-electron chi connectivity index (χ4n) is 1.93. The minimum Gasteiger partial charge on any atom is -0.550 e. The molecule has 3 nitrogen and oxygen atoms in total. The molecule has 0 bridgehead atoms. The summed E-state index contributed by atoms with van der Waals surface area (Å²) in [6, 6.07) is 0. The lowest BCUT2D eigenvalue weighted by molar-refractivity contribution is -0.305. The Morgan fingerprint density at radius 1 is 0.739 bits per heavy atom. The van der Waals surface area contributed by atoms with Crippen molar-refractivity contribution in [1.29, 1.82) is 0 Å². The van der Waals surface area contributed by atoms with E-state index in [1.807, 2.05) is 6.08 Å². The first kappa shape index (κ1) is 23.7. The van der Waals surface area contributed by atoms with Crippen LogP contribution in [-0.4, -0.2) is 5.97 Å². The maximum absolute atomic E-state index is 10.2. The van der Waals surface area contributed by atoms with E-state index in [0.717, 1.165) is 25.7 Å². The molecule has 0 unspecified atom stereocenters. The van der Waals surface area contributed by atoms with E-state index in [0.29, 0.717) is 6.42 Å². The molecule has 0 aromatic heterocycles. The minimum absolute atomic E-state index is 0. The Kier molecular flexibility index (Phi) is 21.0. The number of aliphatic carboxylic acids is 1. The average Bonchev–Trinajstić information content (AvgIpc) is 2.50. The Hall–Kier alpha value is -1.61. The maximum atomic E-state index is 10.2. The summed E-state index contributed by atoms with van der Waals surface area (Å²) in [7, 11) is 0. The van der Waals surface area contributed by atoms with Crippen LogP contribution in [0.5, 0.6) is 0 Å². The third-order valence-electron chi connectivity index (χ3n) is 3.21. The molecule has 4 N–H and O–H groups in total. The van der Waals surface area contributed by atoms with Crippen molar-refractivity contribution in [2.24, 2.45) is 0 Å². The first-order valence-electron chi connectivity index (χ1n) is 8.57. The molecule has 0 saturated carbocycles. The lowest BCUT2D eigenvalue weighted by atomic mass is 10.2. The van der Waals surface area contributed by atoms with Crippen LogP contribution in [0.2, 0.25) is 0 Å². The van der Waals surface area contributed by atoms with Crippen LogP contribution in [0.15, 0.2) is 48.6 Å². The second kappa shape index (κ2) is 20.4. The second-order valence-electron chi connectivity index (χ2n) is 5.35. The quantitative estimate of drug-likeness (QED) is 0.350. The van der Waals surface area contributed by atoms with Crippen molar-refractivity contribution in [1.82, 2.24) is 6.15 Å². The smallest absolute Gasteiger partial charge is 0.0414 e. The van der Waals surface area contributed by atoms with Gasteiger partial charge in [0.05, 0.1) is 0 Å². The van der Waals surface area contributed by atoms with Gasteiger partial charge in [0, 0.05) is 5.97 Å². The highest BCUT2D eigenvalue weighted by atomic mass is 16.4. The van der Waals surface area contributed by atoms with E-state index in [4.69, 9.17) is 0 Å². The molecule has 0 amide bonds. The first-order chi connectivity index (χ1) is 10.8. The number of quaternary nitrogens is 1. The second-order valence-corrected chi connectivity index (χ2v) is 5.35. The summed E-state index contributed by atoms with van der Waals surface area (Å²) in [5.74, 6) is -0.962. The molecule has 0 aromatic rings. The van der Waals surface area contributed by atoms with Gasteiger partial charge in [0.1, 0.15) is 0 Å². The highest BCUT2D eigenvalue weighted by Crippen LogP contribution is 2.01. The monoisotopic (exact) mass is 321 g/mol. The van der Waals surface area contributed by atoms with Crippen molar-refractivity contribution in [3.63, 3.8) is 0 Å². The van der Waals surface area contributed by atoms with Crippen LogP contribution < -0.4 is 11.3 Å². The molecular weight excluding hydrogens is 286 g/mol. The summed E-state index contributed by atoms with van der Waals surface area (Å²) in [6.45, 7) is 2.23. The maximum Gasteiger partial charge on any atom is 0.0414 e. The van der Waals surface area contributed by atoms with E-state index in [-0.39, 0.29) is 12.6 Å². The van der Waals surface area contributed by atoms with Gasteiger partial charge in [-0.1, -0.05) is 68.4 Å². The van der Waals surface area contributed by atoms with Gasteiger partial charge in [0.15, 0.2) is 0 Å². The minimum atomic E-state index is -0.962. The Morgan fingerprint density at radius 3 is 1.61 bits per heavy atom. The summed E-state index contributed by atoms with van der Waals surface area (Å²) in [5, 5.41) is 10.2. The zero-order valence-electron chi connectivity index (χ0n) is 15.0. The number of hydrogen-bond donors (Lipinski definition) is 1. The van der Waals surface area contributed by atoms with E-state index in [2.05, 4.69) is 49.5 Å². The number of carbonyl (C=O) groups excluding carboxylic acids is 1. The van der Waals surface area contributed by atoms with Crippen LogP contribution in [-0.2, 0) is 4.79 Å². The van der Waals surface area contributed by atoms with Crippen molar-refractivity contribution in [3.05, 3.63) is 48.6 Å². The first-order valence-corrected chi connectivity index (χ1v) is 8.57. The molecule has 0 heterocycles. The van der Waals surface area contributed by atoms with E-state index in [1.165, 1.54) is 25.7 Å². The Labute approximate surface area is 142 Å². The SMILES string of the molecule is CCCCC/C=C\C/C=C\C/C=C\C/C=C\CCCC(=O)[O-].[NH4+]. The summed E-state index contributed by atoms with van der Waals surface area (Å²) < 4.78 is 0. The normalized spacial score (nSPS) is 11.9. The largest absolute Gasteiger partial charge is 0.550 e. The third-order valence-corrected chi connectivity index (χ3v) is 3.21. The lowest BCUT2D eigenvalue weighted by Gasteiger charge is -1.97. The van der Waals surface area contributed by atoms with Crippen LogP contribution in [0.4, 0.5) is 0 Å². The van der Waals surface area contributed by atoms with E-state index < -0.39 is 5.97 Å². The molecule has 23 heavy (non-hydrogen) atoms. The van der Waals surface area contributed by atoms with Gasteiger partial charge in [0.25, 0.3) is 0 Å². The van der Waals surface area contributed by atoms with Gasteiger partial charge in [-0.3, -0.25) is 0 Å². The summed E-state index contributed by atoms with van der Waals surface area (Å²) in [5.41, 5.74) is 0. The summed E-state index contributed by atoms with van der Waals surface area (Å²) >= 11 is 0. The van der Waals surface area contributed by atoms with Crippen molar-refractivity contribution in [3.8, 4) is 0 Å². The predicted molar refractivity (Wildman–Crippen MR) is 99.4 cm³/mol. The molecule has 3 heteroatoms. The number of allylic oxidation sites excluding steroid dienone is 8. The number of unbranched alkanes of at least 4 members (excludes halogenated alkanes) is 4. The highest BCUT2D eigenvalue weighted by Gasteiger charge is 1.84. The zero-order chi connectivity index (χ0) is 16.3. The van der Waals surface area contributed by atoms with Gasteiger partial charge in [0.2, 0.25) is 0 Å². The van der Waals surface area contributed by atoms with Gasteiger partial charge in [-0.15, -0.1) is 0 Å². The fraction of sp³-hybridized carbons (Fsp3) is 0.550. The molecular formula is C20H35NO2. The van der Waals surface area contributed by atoms with Crippen LogP contribution >= 0.6 is 0 Å². The van der Waals surface area contributed by atoms with E-state index >= 15 is 0 Å². The molecule has 0 rings (SSSR count). The lowest BCUT2D eigenvalue weighted by Crippen LogP contribution is -2.21. The molecule has 0 aromatic carbocycles. The van der Waals surface area contributed by atoms with Gasteiger partial charge in [-0.2, -0.15) is 0 Å². The number of carboxylic acid groups (broad SMARTS) is 1. The van der Waals surface area contributed by atoms with Gasteiger partial charge >= 0.3 is 0 Å². The molecule has 0 spiro atoms. The predicted octanol–water partition coefficient (Wildman–Crippen LogP) is 5.26. The van der Waals surface area contributed by atoms with Gasteiger partial charge in [-0.25, -0.2) is 0 Å². The highest BCUT2D eigenvalue weighted by molar-refractivity contribution is 5.64. The Morgan fingerprint density at radius 2 is 1.17 bits per heavy atom. The number of carbonyl (C=O) groups is 1. The van der Waals surface area contributed by atoms with Gasteiger partial charge < -0.3 is 16.1 Å². The van der Waals surface area contributed by atoms with Crippen LogP contribution in [0, 0.1) is 0 Å². The van der Waals surface area contributed by atoms with E-state index in [1.54, 1.807) is 0 Å². The topological polar surface area (TPSA) is 76.6 Å². The van der Waals surface area contributed by atoms with Crippen molar-refractivity contribution < 1.29 is 9.90 Å². The van der Waals surface area contributed by atoms with Crippen molar-refractivity contribution in [2.75, 3.05) is 0 Å². The zero-order valence-corrected chi connectivity index (χ0v) is 15.0.